The number of benzene rings is 1. The molecule has 0 heterocycles. The normalized spacial score (nSPS) is 11.2. The molecule has 0 unspecified atom stereocenters. The summed E-state index contributed by atoms with van der Waals surface area (Å²) in [6.45, 7) is 3.78. The van der Waals surface area contributed by atoms with E-state index < -0.39 is 5.54 Å². The fourth-order valence-electron chi connectivity index (χ4n) is 1.57. The van der Waals surface area contributed by atoms with E-state index >= 15 is 0 Å². The lowest BCUT2D eigenvalue weighted by Crippen LogP contribution is -2.51. The standard InChI is InChI=1S/C14H22N2O3/c1-3-8-15-12-7-5-4-6-11(12)13(19)16-14(2,9-17)10-18/h4-7,15,17-18H,3,8-10H2,1-2H3,(H,16,19). The van der Waals surface area contributed by atoms with Crippen LogP contribution in [0.4, 0.5) is 5.69 Å². The van der Waals surface area contributed by atoms with E-state index in [0.717, 1.165) is 18.7 Å². The zero-order chi connectivity index (χ0) is 14.3. The maximum Gasteiger partial charge on any atom is 0.253 e. The van der Waals surface area contributed by atoms with Gasteiger partial charge in [-0.25, -0.2) is 0 Å². The van der Waals surface area contributed by atoms with E-state index in [-0.39, 0.29) is 19.1 Å². The van der Waals surface area contributed by atoms with Crippen molar-refractivity contribution >= 4 is 11.6 Å². The third-order valence-electron chi connectivity index (χ3n) is 2.85. The first-order chi connectivity index (χ1) is 9.06. The third kappa shape index (κ3) is 4.22. The van der Waals surface area contributed by atoms with Gasteiger partial charge in [0, 0.05) is 12.2 Å². The number of aliphatic hydroxyl groups excluding tert-OH is 2. The summed E-state index contributed by atoms with van der Waals surface area (Å²) in [4.78, 5) is 12.2. The summed E-state index contributed by atoms with van der Waals surface area (Å²) in [6, 6.07) is 7.18. The molecule has 0 aliphatic carbocycles. The van der Waals surface area contributed by atoms with Crippen LogP contribution in [0.15, 0.2) is 24.3 Å². The first kappa shape index (κ1) is 15.5. The molecular weight excluding hydrogens is 244 g/mol. The smallest absolute Gasteiger partial charge is 0.253 e. The van der Waals surface area contributed by atoms with Crippen molar-refractivity contribution in [3.8, 4) is 0 Å². The number of para-hydroxylation sites is 1. The molecule has 0 spiro atoms. The molecule has 1 amide bonds. The van der Waals surface area contributed by atoms with Crippen LogP contribution >= 0.6 is 0 Å². The Balaban J connectivity index is 2.87. The van der Waals surface area contributed by atoms with Gasteiger partial charge in [-0.05, 0) is 25.5 Å². The van der Waals surface area contributed by atoms with E-state index in [1.165, 1.54) is 0 Å². The van der Waals surface area contributed by atoms with Crippen LogP contribution in [0.25, 0.3) is 0 Å². The van der Waals surface area contributed by atoms with Gasteiger partial charge >= 0.3 is 0 Å². The number of carbonyl (C=O) groups excluding carboxylic acids is 1. The van der Waals surface area contributed by atoms with Gasteiger partial charge in [0.1, 0.15) is 0 Å². The highest BCUT2D eigenvalue weighted by atomic mass is 16.3. The third-order valence-corrected chi connectivity index (χ3v) is 2.85. The molecule has 19 heavy (non-hydrogen) atoms. The van der Waals surface area contributed by atoms with Gasteiger partial charge in [-0.3, -0.25) is 4.79 Å². The molecule has 4 N–H and O–H groups in total. The molecule has 0 radical (unpaired) electrons. The van der Waals surface area contributed by atoms with E-state index in [0.29, 0.717) is 5.56 Å². The zero-order valence-electron chi connectivity index (χ0n) is 11.4. The number of amides is 1. The molecule has 0 saturated carbocycles. The molecule has 0 fully saturated rings. The van der Waals surface area contributed by atoms with Gasteiger partial charge in [-0.1, -0.05) is 19.1 Å². The maximum atomic E-state index is 12.2. The van der Waals surface area contributed by atoms with E-state index in [9.17, 15) is 15.0 Å². The van der Waals surface area contributed by atoms with Gasteiger partial charge in [0.15, 0.2) is 0 Å². The number of aliphatic hydroxyl groups is 2. The van der Waals surface area contributed by atoms with Crippen molar-refractivity contribution in [2.45, 2.75) is 25.8 Å². The van der Waals surface area contributed by atoms with E-state index in [2.05, 4.69) is 10.6 Å². The number of rotatable bonds is 7. The van der Waals surface area contributed by atoms with Crippen molar-refractivity contribution < 1.29 is 15.0 Å². The lowest BCUT2D eigenvalue weighted by Gasteiger charge is -2.26. The van der Waals surface area contributed by atoms with Crippen LogP contribution < -0.4 is 10.6 Å². The molecule has 106 valence electrons. The predicted molar refractivity (Wildman–Crippen MR) is 75.3 cm³/mol. The molecule has 0 aliphatic rings. The average Bonchev–Trinajstić information content (AvgIpc) is 2.45. The van der Waals surface area contributed by atoms with Crippen molar-refractivity contribution in [2.24, 2.45) is 0 Å². The molecule has 5 nitrogen and oxygen atoms in total. The van der Waals surface area contributed by atoms with Crippen molar-refractivity contribution in [3.63, 3.8) is 0 Å². The minimum absolute atomic E-state index is 0.315. The van der Waals surface area contributed by atoms with Crippen molar-refractivity contribution in [3.05, 3.63) is 29.8 Å². The first-order valence-corrected chi connectivity index (χ1v) is 6.43. The Morgan fingerprint density at radius 3 is 2.47 bits per heavy atom. The zero-order valence-corrected chi connectivity index (χ0v) is 11.4. The summed E-state index contributed by atoms with van der Waals surface area (Å²) < 4.78 is 0. The Morgan fingerprint density at radius 1 is 1.26 bits per heavy atom. The molecule has 1 aromatic rings. The topological polar surface area (TPSA) is 81.6 Å². The SMILES string of the molecule is CCCNc1ccccc1C(=O)NC(C)(CO)CO. The van der Waals surface area contributed by atoms with Crippen LogP contribution in [0, 0.1) is 0 Å². The Kier molecular flexibility index (Phi) is 5.79. The highest BCUT2D eigenvalue weighted by Crippen LogP contribution is 2.16. The number of hydrogen-bond acceptors (Lipinski definition) is 4. The first-order valence-electron chi connectivity index (χ1n) is 6.43. The molecule has 0 saturated heterocycles. The second-order valence-corrected chi connectivity index (χ2v) is 4.80. The summed E-state index contributed by atoms with van der Waals surface area (Å²) in [5.41, 5.74) is 0.235. The number of nitrogens with one attached hydrogen (secondary N) is 2. The van der Waals surface area contributed by atoms with Crippen LogP contribution in [0.2, 0.25) is 0 Å². The van der Waals surface area contributed by atoms with Crippen molar-refractivity contribution in [1.29, 1.82) is 0 Å². The van der Waals surface area contributed by atoms with Crippen LogP contribution in [0.3, 0.4) is 0 Å². The van der Waals surface area contributed by atoms with E-state index in [4.69, 9.17) is 0 Å². The largest absolute Gasteiger partial charge is 0.394 e. The van der Waals surface area contributed by atoms with Crippen molar-refractivity contribution in [2.75, 3.05) is 25.1 Å². The molecule has 0 aliphatic heterocycles. The van der Waals surface area contributed by atoms with Gasteiger partial charge < -0.3 is 20.8 Å². The maximum absolute atomic E-state index is 12.2. The molecule has 0 aromatic heterocycles. The highest BCUT2D eigenvalue weighted by molar-refractivity contribution is 6.00. The fourth-order valence-corrected chi connectivity index (χ4v) is 1.57. The number of carbonyl (C=O) groups is 1. The lowest BCUT2D eigenvalue weighted by atomic mass is 10.0. The van der Waals surface area contributed by atoms with Gasteiger partial charge in [-0.2, -0.15) is 0 Å². The van der Waals surface area contributed by atoms with E-state index in [1.54, 1.807) is 19.1 Å². The van der Waals surface area contributed by atoms with Crippen LogP contribution in [-0.4, -0.2) is 41.4 Å². The highest BCUT2D eigenvalue weighted by Gasteiger charge is 2.25. The lowest BCUT2D eigenvalue weighted by molar-refractivity contribution is 0.0724. The Bertz CT molecular complexity index is 417. The second-order valence-electron chi connectivity index (χ2n) is 4.80. The minimum Gasteiger partial charge on any atom is -0.394 e. The summed E-state index contributed by atoms with van der Waals surface area (Å²) >= 11 is 0. The molecule has 0 bridgehead atoms. The Labute approximate surface area is 113 Å². The van der Waals surface area contributed by atoms with Crippen molar-refractivity contribution in [1.82, 2.24) is 5.32 Å². The molecular formula is C14H22N2O3. The minimum atomic E-state index is -1.02. The second kappa shape index (κ2) is 7.11. The molecule has 1 rings (SSSR count). The molecule has 0 atom stereocenters. The monoisotopic (exact) mass is 266 g/mol. The fraction of sp³-hybridized carbons (Fsp3) is 0.500. The predicted octanol–water partition coefficient (Wildman–Crippen LogP) is 0.982. The van der Waals surface area contributed by atoms with Gasteiger partial charge in [0.2, 0.25) is 0 Å². The van der Waals surface area contributed by atoms with Crippen LogP contribution in [0.5, 0.6) is 0 Å². The van der Waals surface area contributed by atoms with Gasteiger partial charge in [0.05, 0.1) is 24.3 Å². The quantitative estimate of drug-likeness (QED) is 0.593. The summed E-state index contributed by atoms with van der Waals surface area (Å²) in [5, 5.41) is 24.2. The summed E-state index contributed by atoms with van der Waals surface area (Å²) in [5.74, 6) is -0.315. The summed E-state index contributed by atoms with van der Waals surface area (Å²) in [7, 11) is 0. The average molecular weight is 266 g/mol. The Hall–Kier alpha value is -1.59. The molecule has 5 heteroatoms. The van der Waals surface area contributed by atoms with Gasteiger partial charge in [-0.15, -0.1) is 0 Å². The van der Waals surface area contributed by atoms with Crippen LogP contribution in [0.1, 0.15) is 30.6 Å². The van der Waals surface area contributed by atoms with Gasteiger partial charge in [0.25, 0.3) is 5.91 Å². The van der Waals surface area contributed by atoms with E-state index in [1.807, 2.05) is 19.1 Å². The molecule has 1 aromatic carbocycles. The Morgan fingerprint density at radius 2 is 1.89 bits per heavy atom. The number of anilines is 1. The summed E-state index contributed by atoms with van der Waals surface area (Å²) in [6.07, 6.45) is 0.959. The van der Waals surface area contributed by atoms with Crippen LogP contribution in [-0.2, 0) is 0 Å². The number of hydrogen-bond donors (Lipinski definition) is 4.